The van der Waals surface area contributed by atoms with Crippen molar-refractivity contribution in [1.29, 1.82) is 0 Å². The maximum Gasteiger partial charge on any atom is 0.0668 e. The van der Waals surface area contributed by atoms with Gasteiger partial charge in [0.05, 0.1) is 33.0 Å². The predicted octanol–water partition coefficient (Wildman–Crippen LogP) is 5.57. The largest absolute Gasteiger partial charge is 0.381 e. The van der Waals surface area contributed by atoms with Crippen molar-refractivity contribution in [3.8, 4) is 0 Å². The molecule has 1 aliphatic heterocycles. The van der Waals surface area contributed by atoms with Crippen LogP contribution in [0.4, 0.5) is 5.69 Å². The standard InChI is InChI=1S/C17H13Cl3N2/c18-13-6-4-11(10-15(13)20)5-7-16-12-2-1-3-14(19)17(12)22-9-8-21-16/h1-7,10,22H,8-9H2. The summed E-state index contributed by atoms with van der Waals surface area (Å²) in [7, 11) is 0. The number of hydrogen-bond acceptors (Lipinski definition) is 2. The zero-order valence-electron chi connectivity index (χ0n) is 11.6. The number of allylic oxidation sites excluding steroid dienone is 1. The third-order valence-electron chi connectivity index (χ3n) is 3.36. The van der Waals surface area contributed by atoms with Crippen LogP contribution in [0.15, 0.2) is 47.5 Å². The number of nitrogens with one attached hydrogen (secondary N) is 1. The van der Waals surface area contributed by atoms with Gasteiger partial charge in [0, 0.05) is 12.1 Å². The van der Waals surface area contributed by atoms with Crippen LogP contribution in [-0.4, -0.2) is 18.8 Å². The lowest BCUT2D eigenvalue weighted by Gasteiger charge is -2.09. The summed E-state index contributed by atoms with van der Waals surface area (Å²) in [5, 5.41) is 5.11. The van der Waals surface area contributed by atoms with Crippen molar-refractivity contribution >= 4 is 52.3 Å². The van der Waals surface area contributed by atoms with Crippen molar-refractivity contribution in [1.82, 2.24) is 0 Å². The van der Waals surface area contributed by atoms with Gasteiger partial charge in [0.25, 0.3) is 0 Å². The molecule has 1 aliphatic rings. The molecular weight excluding hydrogens is 339 g/mol. The van der Waals surface area contributed by atoms with E-state index in [0.717, 1.165) is 29.1 Å². The molecule has 0 atom stereocenters. The molecule has 0 aliphatic carbocycles. The van der Waals surface area contributed by atoms with Crippen LogP contribution in [0.25, 0.3) is 6.08 Å². The third kappa shape index (κ3) is 3.30. The predicted molar refractivity (Wildman–Crippen MR) is 96.8 cm³/mol. The van der Waals surface area contributed by atoms with Crippen molar-refractivity contribution in [3.63, 3.8) is 0 Å². The van der Waals surface area contributed by atoms with Crippen molar-refractivity contribution in [2.24, 2.45) is 4.99 Å². The number of aliphatic imine (C=N–C) groups is 1. The van der Waals surface area contributed by atoms with Gasteiger partial charge >= 0.3 is 0 Å². The molecule has 3 rings (SSSR count). The van der Waals surface area contributed by atoms with Crippen LogP contribution >= 0.6 is 34.8 Å². The number of para-hydroxylation sites is 1. The molecule has 0 amide bonds. The molecule has 2 nitrogen and oxygen atoms in total. The van der Waals surface area contributed by atoms with Gasteiger partial charge in [-0.05, 0) is 29.8 Å². The van der Waals surface area contributed by atoms with E-state index in [1.807, 2.05) is 42.5 Å². The monoisotopic (exact) mass is 350 g/mol. The van der Waals surface area contributed by atoms with Crippen molar-refractivity contribution in [2.45, 2.75) is 0 Å². The van der Waals surface area contributed by atoms with Crippen molar-refractivity contribution < 1.29 is 0 Å². The maximum atomic E-state index is 6.26. The molecule has 0 unspecified atom stereocenters. The minimum atomic E-state index is 0.539. The van der Waals surface area contributed by atoms with Gasteiger partial charge in [0.1, 0.15) is 0 Å². The molecular formula is C17H13Cl3N2. The molecule has 0 radical (unpaired) electrons. The quantitative estimate of drug-likeness (QED) is 0.751. The molecule has 0 saturated carbocycles. The van der Waals surface area contributed by atoms with Gasteiger partial charge in [-0.1, -0.05) is 59.1 Å². The fourth-order valence-electron chi connectivity index (χ4n) is 2.29. The Morgan fingerprint density at radius 2 is 1.82 bits per heavy atom. The number of halogens is 3. The second-order valence-corrected chi connectivity index (χ2v) is 6.08. The molecule has 0 fully saturated rings. The highest BCUT2D eigenvalue weighted by atomic mass is 35.5. The minimum Gasteiger partial charge on any atom is -0.381 e. The first-order valence-corrected chi connectivity index (χ1v) is 7.99. The van der Waals surface area contributed by atoms with E-state index < -0.39 is 0 Å². The van der Waals surface area contributed by atoms with Gasteiger partial charge in [-0.25, -0.2) is 0 Å². The Kier molecular flexibility index (Phi) is 4.72. The highest BCUT2D eigenvalue weighted by Gasteiger charge is 2.12. The third-order valence-corrected chi connectivity index (χ3v) is 4.42. The molecule has 112 valence electrons. The first-order valence-electron chi connectivity index (χ1n) is 6.85. The van der Waals surface area contributed by atoms with Crippen molar-refractivity contribution in [2.75, 3.05) is 18.4 Å². The summed E-state index contributed by atoms with van der Waals surface area (Å²) in [4.78, 5) is 4.61. The lowest BCUT2D eigenvalue weighted by Crippen LogP contribution is -2.04. The zero-order valence-corrected chi connectivity index (χ0v) is 13.9. The molecule has 1 heterocycles. The molecule has 5 heteroatoms. The van der Waals surface area contributed by atoms with Crippen LogP contribution in [0.5, 0.6) is 0 Å². The van der Waals surface area contributed by atoms with Crippen LogP contribution in [0.1, 0.15) is 11.1 Å². The maximum absolute atomic E-state index is 6.26. The number of rotatable bonds is 2. The lowest BCUT2D eigenvalue weighted by molar-refractivity contribution is 1.04. The van der Waals surface area contributed by atoms with Gasteiger partial charge in [-0.2, -0.15) is 0 Å². The molecule has 1 N–H and O–H groups in total. The average molecular weight is 352 g/mol. The highest BCUT2D eigenvalue weighted by molar-refractivity contribution is 6.42. The fourth-order valence-corrected chi connectivity index (χ4v) is 2.84. The second kappa shape index (κ2) is 6.74. The van der Waals surface area contributed by atoms with Gasteiger partial charge < -0.3 is 5.32 Å². The summed E-state index contributed by atoms with van der Waals surface area (Å²) in [6.45, 7) is 1.47. The van der Waals surface area contributed by atoms with Crippen LogP contribution in [-0.2, 0) is 0 Å². The Labute approximate surface area is 144 Å². The summed E-state index contributed by atoms with van der Waals surface area (Å²) < 4.78 is 0. The molecule has 0 aromatic heterocycles. The molecule has 2 aromatic rings. The Hall–Kier alpha value is -1.48. The first-order chi connectivity index (χ1) is 10.6. The van der Waals surface area contributed by atoms with E-state index in [2.05, 4.69) is 10.3 Å². The van der Waals surface area contributed by atoms with Gasteiger partial charge in [0.2, 0.25) is 0 Å². The molecule has 0 spiro atoms. The van der Waals surface area contributed by atoms with E-state index in [1.54, 1.807) is 6.07 Å². The van der Waals surface area contributed by atoms with E-state index in [-0.39, 0.29) is 0 Å². The Bertz CT molecular complexity index is 766. The SMILES string of the molecule is Clc1ccc(C=CC2=NCCNc3c(Cl)cccc32)cc1Cl. The summed E-state index contributed by atoms with van der Waals surface area (Å²) in [5.74, 6) is 0. The molecule has 0 bridgehead atoms. The normalized spacial score (nSPS) is 14.2. The van der Waals surface area contributed by atoms with Crippen LogP contribution < -0.4 is 5.32 Å². The van der Waals surface area contributed by atoms with Crippen LogP contribution in [0, 0.1) is 0 Å². The second-order valence-electron chi connectivity index (χ2n) is 4.86. The Morgan fingerprint density at radius 3 is 2.64 bits per heavy atom. The average Bonchev–Trinajstić information content (AvgIpc) is 2.72. The smallest absolute Gasteiger partial charge is 0.0668 e. The van der Waals surface area contributed by atoms with Crippen LogP contribution in [0.2, 0.25) is 15.1 Å². The number of fused-ring (bicyclic) bond motifs is 1. The highest BCUT2D eigenvalue weighted by Crippen LogP contribution is 2.28. The number of benzene rings is 2. The van der Waals surface area contributed by atoms with Crippen molar-refractivity contribution in [3.05, 3.63) is 68.7 Å². The summed E-state index contributed by atoms with van der Waals surface area (Å²) in [6, 6.07) is 11.3. The fraction of sp³-hybridized carbons (Fsp3) is 0.118. The zero-order chi connectivity index (χ0) is 15.5. The van der Waals surface area contributed by atoms with Gasteiger partial charge in [-0.15, -0.1) is 0 Å². The topological polar surface area (TPSA) is 24.4 Å². The van der Waals surface area contributed by atoms with E-state index in [9.17, 15) is 0 Å². The summed E-state index contributed by atoms with van der Waals surface area (Å²) in [6.07, 6.45) is 3.94. The summed E-state index contributed by atoms with van der Waals surface area (Å²) >= 11 is 18.2. The number of anilines is 1. The Morgan fingerprint density at radius 1 is 0.955 bits per heavy atom. The van der Waals surface area contributed by atoms with E-state index >= 15 is 0 Å². The van der Waals surface area contributed by atoms with E-state index in [0.29, 0.717) is 21.6 Å². The first kappa shape index (κ1) is 15.4. The van der Waals surface area contributed by atoms with E-state index in [4.69, 9.17) is 34.8 Å². The van der Waals surface area contributed by atoms with Crippen LogP contribution in [0.3, 0.4) is 0 Å². The molecule has 0 saturated heterocycles. The minimum absolute atomic E-state index is 0.539. The number of nitrogens with zero attached hydrogens (tertiary/aromatic N) is 1. The van der Waals surface area contributed by atoms with E-state index in [1.165, 1.54) is 0 Å². The van der Waals surface area contributed by atoms with Gasteiger partial charge in [-0.3, -0.25) is 4.99 Å². The Balaban J connectivity index is 1.95. The number of benzodiazepines with no additional fused rings is 1. The summed E-state index contributed by atoms with van der Waals surface area (Å²) in [5.41, 5.74) is 3.80. The molecule has 22 heavy (non-hydrogen) atoms. The molecule has 2 aromatic carbocycles. The number of hydrogen-bond donors (Lipinski definition) is 1. The van der Waals surface area contributed by atoms with Gasteiger partial charge in [0.15, 0.2) is 0 Å². The lowest BCUT2D eigenvalue weighted by atomic mass is 10.1.